The predicted molar refractivity (Wildman–Crippen MR) is 116 cm³/mol. The number of benzene rings is 3. The number of nitrogens with zero attached hydrogens (tertiary/aromatic N) is 3. The standard InChI is InChI=1S/C20H13Cl3N3.BF4/c21-15-3-1-14(2-4-15)20-24-26(19-11-7-17(23)8-12-19)13-25(20)18-9-5-16(22)6-10-18;2-1(3,4)5/h1-13H;/q+1;-1. The molecule has 11 heteroatoms. The lowest BCUT2D eigenvalue weighted by Gasteiger charge is -2.00. The van der Waals surface area contributed by atoms with Crippen LogP contribution in [0, 0.1) is 0 Å². The van der Waals surface area contributed by atoms with Crippen molar-refractivity contribution in [3.05, 3.63) is 94.2 Å². The summed E-state index contributed by atoms with van der Waals surface area (Å²) in [6, 6.07) is 22.7. The average molecular weight is 489 g/mol. The molecule has 1 aromatic heterocycles. The Bertz CT molecular complexity index is 1080. The second-order valence-corrected chi connectivity index (χ2v) is 7.52. The van der Waals surface area contributed by atoms with Gasteiger partial charge in [0.1, 0.15) is 11.4 Å². The van der Waals surface area contributed by atoms with Gasteiger partial charge in [-0.1, -0.05) is 39.5 Å². The van der Waals surface area contributed by atoms with Gasteiger partial charge in [0, 0.05) is 15.1 Å². The van der Waals surface area contributed by atoms with Gasteiger partial charge in [-0.2, -0.15) is 4.57 Å². The van der Waals surface area contributed by atoms with Crippen LogP contribution in [0.15, 0.2) is 79.1 Å². The highest BCUT2D eigenvalue weighted by atomic mass is 35.5. The monoisotopic (exact) mass is 487 g/mol. The van der Waals surface area contributed by atoms with E-state index in [-0.39, 0.29) is 0 Å². The molecule has 0 atom stereocenters. The van der Waals surface area contributed by atoms with Crippen LogP contribution in [0.5, 0.6) is 0 Å². The normalized spacial score (nSPS) is 11.1. The summed E-state index contributed by atoms with van der Waals surface area (Å²) in [4.78, 5) is 0. The lowest BCUT2D eigenvalue weighted by Crippen LogP contribution is -2.30. The Hall–Kier alpha value is -2.55. The van der Waals surface area contributed by atoms with Gasteiger partial charge in [-0.05, 0) is 72.8 Å². The van der Waals surface area contributed by atoms with Crippen LogP contribution in [0.1, 0.15) is 0 Å². The molecule has 3 aromatic carbocycles. The summed E-state index contributed by atoms with van der Waals surface area (Å²) in [7, 11) is -6.00. The second-order valence-electron chi connectivity index (χ2n) is 6.21. The minimum Gasteiger partial charge on any atom is -0.418 e. The summed E-state index contributed by atoms with van der Waals surface area (Å²) in [5.74, 6) is 0.791. The Balaban J connectivity index is 0.000000491. The summed E-state index contributed by atoms with van der Waals surface area (Å²) in [6.07, 6.45) is 1.93. The van der Waals surface area contributed by atoms with E-state index in [9.17, 15) is 17.3 Å². The SMILES string of the molecule is Clc1ccc(-c2nn(-c3ccc(Cl)cc3)c[n+]2-c2ccc(Cl)cc2)cc1.F[B-](F)(F)F. The predicted octanol–water partition coefficient (Wildman–Crippen LogP) is 7.08. The van der Waals surface area contributed by atoms with Gasteiger partial charge in [0.25, 0.3) is 0 Å². The van der Waals surface area contributed by atoms with Gasteiger partial charge in [-0.15, -0.1) is 0 Å². The third-order valence-corrected chi connectivity index (χ3v) is 4.71. The van der Waals surface area contributed by atoms with Crippen molar-refractivity contribution in [2.45, 2.75) is 0 Å². The second kappa shape index (κ2) is 9.72. The molecule has 3 nitrogen and oxygen atoms in total. The highest BCUT2D eigenvalue weighted by molar-refractivity contribution is 6.50. The fourth-order valence-electron chi connectivity index (χ4n) is 2.64. The van der Waals surface area contributed by atoms with Crippen LogP contribution in [-0.4, -0.2) is 17.0 Å². The molecule has 0 unspecified atom stereocenters. The van der Waals surface area contributed by atoms with E-state index >= 15 is 0 Å². The van der Waals surface area contributed by atoms with Crippen molar-refractivity contribution in [2.24, 2.45) is 0 Å². The summed E-state index contributed by atoms with van der Waals surface area (Å²) in [5, 5.41) is 6.83. The van der Waals surface area contributed by atoms with Crippen LogP contribution in [0.25, 0.3) is 22.8 Å². The number of aromatic nitrogens is 3. The molecule has 0 saturated heterocycles. The summed E-state index contributed by atoms with van der Waals surface area (Å²) in [5.41, 5.74) is 2.83. The Morgan fingerprint density at radius 1 is 0.677 bits per heavy atom. The molecule has 0 fully saturated rings. The largest absolute Gasteiger partial charge is 0.673 e. The third kappa shape index (κ3) is 6.72. The first kappa shape index (κ1) is 23.1. The van der Waals surface area contributed by atoms with Crippen molar-refractivity contribution in [2.75, 3.05) is 0 Å². The molecule has 1 heterocycles. The first-order valence-electron chi connectivity index (χ1n) is 8.76. The molecule has 0 amide bonds. The van der Waals surface area contributed by atoms with Crippen molar-refractivity contribution in [3.63, 3.8) is 0 Å². The van der Waals surface area contributed by atoms with E-state index in [2.05, 4.69) is 0 Å². The molecule has 0 aliphatic rings. The molecule has 31 heavy (non-hydrogen) atoms. The third-order valence-electron chi connectivity index (χ3n) is 3.95. The lowest BCUT2D eigenvalue weighted by molar-refractivity contribution is -0.584. The van der Waals surface area contributed by atoms with Crippen molar-refractivity contribution in [1.29, 1.82) is 0 Å². The van der Waals surface area contributed by atoms with Crippen molar-refractivity contribution < 1.29 is 21.8 Å². The number of hydrogen-bond donors (Lipinski definition) is 0. The van der Waals surface area contributed by atoms with E-state index in [1.54, 1.807) is 0 Å². The molecule has 0 bridgehead atoms. The molecule has 0 spiro atoms. The molecule has 0 aliphatic heterocycles. The molecule has 0 radical (unpaired) electrons. The van der Waals surface area contributed by atoms with Crippen molar-refractivity contribution in [1.82, 2.24) is 9.78 Å². The van der Waals surface area contributed by atoms with Crippen LogP contribution in [0.2, 0.25) is 15.1 Å². The molecular formula is C20H13BCl3F4N3. The van der Waals surface area contributed by atoms with E-state index in [4.69, 9.17) is 39.9 Å². The zero-order valence-electron chi connectivity index (χ0n) is 15.6. The van der Waals surface area contributed by atoms with Crippen LogP contribution in [0.4, 0.5) is 17.3 Å². The number of rotatable bonds is 3. The van der Waals surface area contributed by atoms with Crippen molar-refractivity contribution >= 4 is 42.1 Å². The maximum absolute atomic E-state index is 9.75. The first-order chi connectivity index (χ1) is 14.6. The van der Waals surface area contributed by atoms with Crippen LogP contribution in [-0.2, 0) is 0 Å². The van der Waals surface area contributed by atoms with Crippen LogP contribution in [0.3, 0.4) is 0 Å². The molecule has 0 N–H and O–H groups in total. The average Bonchev–Trinajstić information content (AvgIpc) is 3.14. The Morgan fingerprint density at radius 3 is 1.58 bits per heavy atom. The molecule has 160 valence electrons. The Kier molecular flexibility index (Phi) is 7.25. The highest BCUT2D eigenvalue weighted by Crippen LogP contribution is 2.21. The summed E-state index contributed by atoms with van der Waals surface area (Å²) in [6.45, 7) is 0. The van der Waals surface area contributed by atoms with E-state index in [0.717, 1.165) is 22.8 Å². The first-order valence-corrected chi connectivity index (χ1v) is 9.90. The Labute approximate surface area is 190 Å². The van der Waals surface area contributed by atoms with E-state index < -0.39 is 7.25 Å². The maximum Gasteiger partial charge on any atom is 0.673 e. The van der Waals surface area contributed by atoms with Crippen LogP contribution >= 0.6 is 34.8 Å². The van der Waals surface area contributed by atoms with Gasteiger partial charge < -0.3 is 17.3 Å². The highest BCUT2D eigenvalue weighted by Gasteiger charge is 2.22. The lowest BCUT2D eigenvalue weighted by atomic mass is 10.2. The van der Waals surface area contributed by atoms with Gasteiger partial charge in [-0.3, -0.25) is 0 Å². The molecular weight excluding hydrogens is 475 g/mol. The zero-order valence-corrected chi connectivity index (χ0v) is 17.8. The van der Waals surface area contributed by atoms with Crippen molar-refractivity contribution in [3.8, 4) is 22.8 Å². The smallest absolute Gasteiger partial charge is 0.418 e. The topological polar surface area (TPSA) is 21.7 Å². The maximum atomic E-state index is 9.75. The van der Waals surface area contributed by atoms with E-state index in [1.807, 2.05) is 88.4 Å². The van der Waals surface area contributed by atoms with Crippen LogP contribution < -0.4 is 4.57 Å². The van der Waals surface area contributed by atoms with Gasteiger partial charge in [-0.25, -0.2) is 0 Å². The minimum atomic E-state index is -6.00. The Morgan fingerprint density at radius 2 is 1.10 bits per heavy atom. The van der Waals surface area contributed by atoms with Gasteiger partial charge in [0.15, 0.2) is 0 Å². The van der Waals surface area contributed by atoms with Gasteiger partial charge in [0.2, 0.25) is 6.33 Å². The summed E-state index contributed by atoms with van der Waals surface area (Å²) >= 11 is 18.1. The van der Waals surface area contributed by atoms with E-state index in [0.29, 0.717) is 15.1 Å². The minimum absolute atomic E-state index is 0.684. The van der Waals surface area contributed by atoms with Gasteiger partial charge in [0.05, 0.1) is 10.7 Å². The van der Waals surface area contributed by atoms with Gasteiger partial charge >= 0.3 is 13.1 Å². The zero-order chi connectivity index (χ0) is 22.6. The van der Waals surface area contributed by atoms with E-state index in [1.165, 1.54) is 0 Å². The fourth-order valence-corrected chi connectivity index (χ4v) is 3.02. The molecule has 4 aromatic rings. The molecule has 0 saturated carbocycles. The number of hydrogen-bond acceptors (Lipinski definition) is 1. The quantitative estimate of drug-likeness (QED) is 0.172. The fraction of sp³-hybridized carbons (Fsp3) is 0. The summed E-state index contributed by atoms with van der Waals surface area (Å²) < 4.78 is 42.8. The molecule has 4 rings (SSSR count). The number of halogens is 7. The molecule has 0 aliphatic carbocycles.